The van der Waals surface area contributed by atoms with Gasteiger partial charge in [-0.1, -0.05) is 0 Å². The lowest BCUT2D eigenvalue weighted by molar-refractivity contribution is -0.152. The van der Waals surface area contributed by atoms with Crippen molar-refractivity contribution < 1.29 is 9.53 Å². The predicted octanol–water partition coefficient (Wildman–Crippen LogP) is 1.18. The van der Waals surface area contributed by atoms with E-state index >= 15 is 0 Å². The Morgan fingerprint density at radius 2 is 2.10 bits per heavy atom. The number of carbonyl (C=O) groups excluding carboxylic acids is 1. The number of hydrogen-bond acceptors (Lipinski definition) is 3. The molecule has 0 aliphatic rings. The molecule has 0 aliphatic heterocycles. The molecule has 56 valence electrons. The standard InChI is InChI=1S/C6H11N2O2/c1-6(2,3)10-5(9)4-8-7/h4H2,1-3H3/q+1. The maximum absolute atomic E-state index is 10.6. The van der Waals surface area contributed by atoms with Crippen LogP contribution in [0.15, 0.2) is 0 Å². The molecule has 4 heteroatoms. The molecule has 0 aromatic carbocycles. The van der Waals surface area contributed by atoms with E-state index in [9.17, 15) is 4.79 Å². The second-order valence-electron chi connectivity index (χ2n) is 2.89. The molecule has 0 saturated heterocycles. The summed E-state index contributed by atoms with van der Waals surface area (Å²) in [4.78, 5) is 13.2. The van der Waals surface area contributed by atoms with Crippen molar-refractivity contribution in [1.29, 1.82) is 5.39 Å². The molecule has 0 saturated carbocycles. The Labute approximate surface area is 59.8 Å². The Morgan fingerprint density at radius 1 is 1.60 bits per heavy atom. The van der Waals surface area contributed by atoms with Crippen LogP contribution in [0.3, 0.4) is 0 Å². The van der Waals surface area contributed by atoms with Crippen molar-refractivity contribution in [3.63, 3.8) is 0 Å². The molecule has 4 nitrogen and oxygen atoms in total. The highest BCUT2D eigenvalue weighted by Gasteiger charge is 2.19. The minimum Gasteiger partial charge on any atom is -0.454 e. The molecule has 0 heterocycles. The monoisotopic (exact) mass is 143 g/mol. The van der Waals surface area contributed by atoms with Crippen molar-refractivity contribution in [3.05, 3.63) is 4.98 Å². The van der Waals surface area contributed by atoms with Crippen molar-refractivity contribution in [1.82, 2.24) is 0 Å². The van der Waals surface area contributed by atoms with Gasteiger partial charge in [-0.15, -0.1) is 0 Å². The third-order valence-corrected chi connectivity index (χ3v) is 0.620. The zero-order chi connectivity index (χ0) is 8.20. The van der Waals surface area contributed by atoms with Gasteiger partial charge in [0, 0.05) is 0 Å². The van der Waals surface area contributed by atoms with Crippen LogP contribution in [0.5, 0.6) is 0 Å². The number of rotatable bonds is 1. The van der Waals surface area contributed by atoms with Crippen LogP contribution in [0.25, 0.3) is 4.98 Å². The summed E-state index contributed by atoms with van der Waals surface area (Å²) in [5, 5.41) is 7.96. The van der Waals surface area contributed by atoms with Gasteiger partial charge in [0.05, 0.1) is 0 Å². The first-order valence-electron chi connectivity index (χ1n) is 2.98. The van der Waals surface area contributed by atoms with Gasteiger partial charge in [-0.05, 0) is 20.8 Å². The molecular weight excluding hydrogens is 132 g/mol. The fourth-order valence-electron chi connectivity index (χ4n) is 0.432. The largest absolute Gasteiger partial charge is 0.454 e. The zero-order valence-electron chi connectivity index (χ0n) is 6.42. The fourth-order valence-corrected chi connectivity index (χ4v) is 0.432. The van der Waals surface area contributed by atoms with E-state index in [4.69, 9.17) is 10.1 Å². The topological polar surface area (TPSA) is 54.5 Å². The van der Waals surface area contributed by atoms with Gasteiger partial charge in [-0.3, -0.25) is 0 Å². The Hall–Kier alpha value is -1.11. The van der Waals surface area contributed by atoms with Crippen molar-refractivity contribution in [2.24, 2.45) is 0 Å². The van der Waals surface area contributed by atoms with Gasteiger partial charge in [0.15, 0.2) is 0 Å². The van der Waals surface area contributed by atoms with Crippen LogP contribution in [-0.4, -0.2) is 18.1 Å². The second kappa shape index (κ2) is 3.16. The molecule has 0 radical (unpaired) electrons. The van der Waals surface area contributed by atoms with Crippen LogP contribution < -0.4 is 0 Å². The average Bonchev–Trinajstić information content (AvgIpc) is 1.59. The third-order valence-electron chi connectivity index (χ3n) is 0.620. The maximum atomic E-state index is 10.6. The van der Waals surface area contributed by atoms with Gasteiger partial charge in [-0.25, -0.2) is 4.79 Å². The van der Waals surface area contributed by atoms with Crippen LogP contribution in [0.2, 0.25) is 0 Å². The molecule has 0 rings (SSSR count). The number of ether oxygens (including phenoxy) is 1. The SMILES string of the molecule is CC(C)(C)OC(=O)C[N+]#N. The van der Waals surface area contributed by atoms with Gasteiger partial charge in [-0.2, -0.15) is 0 Å². The van der Waals surface area contributed by atoms with Gasteiger partial charge in [0.1, 0.15) is 10.6 Å². The Morgan fingerprint density at radius 3 is 2.40 bits per heavy atom. The van der Waals surface area contributed by atoms with E-state index in [0.29, 0.717) is 0 Å². The third kappa shape index (κ3) is 5.04. The lowest BCUT2D eigenvalue weighted by Crippen LogP contribution is -2.24. The minimum atomic E-state index is -0.519. The molecule has 0 unspecified atom stereocenters. The van der Waals surface area contributed by atoms with E-state index < -0.39 is 11.6 Å². The van der Waals surface area contributed by atoms with Gasteiger partial charge in [0.2, 0.25) is 5.39 Å². The van der Waals surface area contributed by atoms with Crippen LogP contribution in [0.1, 0.15) is 20.8 Å². The van der Waals surface area contributed by atoms with E-state index in [2.05, 4.69) is 4.98 Å². The van der Waals surface area contributed by atoms with Crippen molar-refractivity contribution >= 4 is 5.97 Å². The molecular formula is C6H11N2O2+. The Balaban J connectivity index is 3.72. The first-order valence-corrected chi connectivity index (χ1v) is 2.98. The lowest BCUT2D eigenvalue weighted by Gasteiger charge is -2.16. The normalized spacial score (nSPS) is 10.2. The molecule has 0 aliphatic carbocycles. The summed E-state index contributed by atoms with van der Waals surface area (Å²) in [5.41, 5.74) is -0.498. The van der Waals surface area contributed by atoms with Crippen LogP contribution in [0.4, 0.5) is 0 Å². The van der Waals surface area contributed by atoms with E-state index in [0.717, 1.165) is 0 Å². The highest BCUT2D eigenvalue weighted by molar-refractivity contribution is 5.73. The summed E-state index contributed by atoms with van der Waals surface area (Å²) in [6, 6.07) is 0. The summed E-state index contributed by atoms with van der Waals surface area (Å²) < 4.78 is 4.79. The zero-order valence-corrected chi connectivity index (χ0v) is 6.42. The molecule has 0 spiro atoms. The van der Waals surface area contributed by atoms with E-state index in [-0.39, 0.29) is 6.54 Å². The van der Waals surface area contributed by atoms with Gasteiger partial charge < -0.3 is 4.74 Å². The van der Waals surface area contributed by atoms with Gasteiger partial charge >= 0.3 is 12.5 Å². The van der Waals surface area contributed by atoms with E-state index in [1.54, 1.807) is 20.8 Å². The summed E-state index contributed by atoms with van der Waals surface area (Å²) in [7, 11) is 0. The number of nitrogens with zero attached hydrogens (tertiary/aromatic N) is 2. The summed E-state index contributed by atoms with van der Waals surface area (Å²) in [6.45, 7) is 4.96. The van der Waals surface area contributed by atoms with Crippen molar-refractivity contribution in [3.8, 4) is 0 Å². The second-order valence-corrected chi connectivity index (χ2v) is 2.89. The number of esters is 1. The van der Waals surface area contributed by atoms with Crippen LogP contribution in [0, 0.1) is 5.39 Å². The van der Waals surface area contributed by atoms with Crippen molar-refractivity contribution in [2.75, 3.05) is 6.54 Å². The highest BCUT2D eigenvalue weighted by atomic mass is 16.6. The summed E-state index contributed by atoms with van der Waals surface area (Å²) in [6.07, 6.45) is 0. The first kappa shape index (κ1) is 8.89. The Kier molecular flexibility index (Phi) is 2.81. The van der Waals surface area contributed by atoms with Crippen molar-refractivity contribution in [2.45, 2.75) is 26.4 Å². The van der Waals surface area contributed by atoms with E-state index in [1.165, 1.54) is 0 Å². The molecule has 0 aromatic heterocycles. The highest BCUT2D eigenvalue weighted by Crippen LogP contribution is 2.06. The minimum absolute atomic E-state index is 0.294. The smallest absolute Gasteiger partial charge is 0.399 e. The lowest BCUT2D eigenvalue weighted by atomic mass is 10.2. The van der Waals surface area contributed by atoms with Crippen LogP contribution in [-0.2, 0) is 9.53 Å². The fraction of sp³-hybridized carbons (Fsp3) is 0.833. The molecule has 0 amide bonds. The number of carbonyl (C=O) groups is 1. The summed E-state index contributed by atoms with van der Waals surface area (Å²) in [5.74, 6) is -0.519. The Bertz CT molecular complexity index is 164. The average molecular weight is 143 g/mol. The first-order chi connectivity index (χ1) is 4.45. The molecule has 0 fully saturated rings. The predicted molar refractivity (Wildman–Crippen MR) is 35.8 cm³/mol. The number of hydrogen-bond donors (Lipinski definition) is 0. The molecule has 0 bridgehead atoms. The van der Waals surface area contributed by atoms with Crippen LogP contribution >= 0.6 is 0 Å². The maximum Gasteiger partial charge on any atom is 0.399 e. The number of diazo groups is 1. The molecule has 10 heavy (non-hydrogen) atoms. The quantitative estimate of drug-likeness (QED) is 0.409. The molecule has 0 atom stereocenters. The molecule has 0 N–H and O–H groups in total. The van der Waals surface area contributed by atoms with E-state index in [1.807, 2.05) is 0 Å². The molecule has 0 aromatic rings. The summed E-state index contributed by atoms with van der Waals surface area (Å²) >= 11 is 0. The van der Waals surface area contributed by atoms with Gasteiger partial charge in [0.25, 0.3) is 0 Å².